The van der Waals surface area contributed by atoms with Gasteiger partial charge in [-0.1, -0.05) is 48.0 Å². The van der Waals surface area contributed by atoms with Crippen molar-refractivity contribution in [1.29, 1.82) is 0 Å². The molecule has 1 aromatic heterocycles. The van der Waals surface area contributed by atoms with E-state index in [1.165, 1.54) is 11.1 Å². The standard InChI is InChI=1S/C21H17ClN2/c22-19-9-4-10-20(14-19)24-15-17(12-16-6-2-1-3-7-16)13-18-8-5-11-23-21(18)24/h1-11,13-14H,12,15H2. The van der Waals surface area contributed by atoms with Crippen molar-refractivity contribution < 1.29 is 0 Å². The molecule has 4 rings (SSSR count). The SMILES string of the molecule is Clc1cccc(N2CC(Cc3ccccc3)=Cc3cccnc32)c1. The molecule has 0 aliphatic carbocycles. The van der Waals surface area contributed by atoms with Crippen LogP contribution in [0.3, 0.4) is 0 Å². The second kappa shape index (κ2) is 6.50. The van der Waals surface area contributed by atoms with Crippen LogP contribution in [0, 0.1) is 0 Å². The minimum atomic E-state index is 0.740. The van der Waals surface area contributed by atoms with Crippen LogP contribution in [0.1, 0.15) is 11.1 Å². The Morgan fingerprint density at radius 2 is 1.83 bits per heavy atom. The summed E-state index contributed by atoms with van der Waals surface area (Å²) in [5.41, 5.74) is 4.90. The van der Waals surface area contributed by atoms with E-state index in [2.05, 4.69) is 58.4 Å². The van der Waals surface area contributed by atoms with Crippen molar-refractivity contribution in [1.82, 2.24) is 4.98 Å². The molecule has 0 atom stereocenters. The van der Waals surface area contributed by atoms with Crippen molar-refractivity contribution in [2.45, 2.75) is 6.42 Å². The summed E-state index contributed by atoms with van der Waals surface area (Å²) < 4.78 is 0. The molecule has 2 heterocycles. The molecule has 0 radical (unpaired) electrons. The molecule has 3 heteroatoms. The molecule has 2 aromatic carbocycles. The van der Waals surface area contributed by atoms with Crippen LogP contribution in [0.2, 0.25) is 5.02 Å². The highest BCUT2D eigenvalue weighted by Gasteiger charge is 2.20. The number of nitrogens with zero attached hydrogens (tertiary/aromatic N) is 2. The van der Waals surface area contributed by atoms with E-state index in [-0.39, 0.29) is 0 Å². The smallest absolute Gasteiger partial charge is 0.140 e. The van der Waals surface area contributed by atoms with Gasteiger partial charge in [-0.05, 0) is 54.0 Å². The molecule has 0 spiro atoms. The first-order valence-corrected chi connectivity index (χ1v) is 8.39. The van der Waals surface area contributed by atoms with Gasteiger partial charge < -0.3 is 4.90 Å². The number of benzene rings is 2. The lowest BCUT2D eigenvalue weighted by Crippen LogP contribution is -2.25. The molecule has 24 heavy (non-hydrogen) atoms. The van der Waals surface area contributed by atoms with Crippen molar-refractivity contribution in [3.8, 4) is 0 Å². The number of hydrogen-bond acceptors (Lipinski definition) is 2. The molecule has 0 amide bonds. The van der Waals surface area contributed by atoms with Crippen LogP contribution in [-0.4, -0.2) is 11.5 Å². The maximum atomic E-state index is 6.20. The number of halogens is 1. The van der Waals surface area contributed by atoms with Gasteiger partial charge >= 0.3 is 0 Å². The molecule has 0 saturated heterocycles. The number of aromatic nitrogens is 1. The minimum Gasteiger partial charge on any atom is -0.322 e. The van der Waals surface area contributed by atoms with Crippen LogP contribution in [0.25, 0.3) is 6.08 Å². The predicted octanol–water partition coefficient (Wildman–Crippen LogP) is 5.51. The third-order valence-electron chi connectivity index (χ3n) is 4.19. The summed E-state index contributed by atoms with van der Waals surface area (Å²) in [5.74, 6) is 0.983. The maximum absolute atomic E-state index is 6.20. The van der Waals surface area contributed by atoms with Gasteiger partial charge in [0.1, 0.15) is 5.82 Å². The van der Waals surface area contributed by atoms with Crippen LogP contribution < -0.4 is 4.90 Å². The molecular weight excluding hydrogens is 316 g/mol. The largest absolute Gasteiger partial charge is 0.322 e. The Hall–Kier alpha value is -2.58. The van der Waals surface area contributed by atoms with Gasteiger partial charge in [-0.15, -0.1) is 0 Å². The number of fused-ring (bicyclic) bond motifs is 1. The van der Waals surface area contributed by atoms with Gasteiger partial charge in [0.05, 0.1) is 0 Å². The molecule has 0 fully saturated rings. The molecule has 0 bridgehead atoms. The quantitative estimate of drug-likeness (QED) is 0.628. The topological polar surface area (TPSA) is 16.1 Å². The van der Waals surface area contributed by atoms with E-state index in [9.17, 15) is 0 Å². The molecule has 2 nitrogen and oxygen atoms in total. The van der Waals surface area contributed by atoms with Crippen LogP contribution in [0.4, 0.5) is 11.5 Å². The molecule has 118 valence electrons. The van der Waals surface area contributed by atoms with E-state index in [1.54, 1.807) is 0 Å². The van der Waals surface area contributed by atoms with Crippen molar-refractivity contribution in [2.75, 3.05) is 11.4 Å². The van der Waals surface area contributed by atoms with Gasteiger partial charge in [-0.25, -0.2) is 4.98 Å². The Balaban J connectivity index is 1.73. The average molecular weight is 333 g/mol. The molecule has 0 saturated carbocycles. The summed E-state index contributed by atoms with van der Waals surface area (Å²) in [6, 6.07) is 22.6. The Kier molecular flexibility index (Phi) is 4.06. The third-order valence-corrected chi connectivity index (χ3v) is 4.42. The molecule has 0 unspecified atom stereocenters. The van der Waals surface area contributed by atoms with E-state index in [0.29, 0.717) is 0 Å². The first-order chi connectivity index (χ1) is 11.8. The zero-order chi connectivity index (χ0) is 16.4. The summed E-state index contributed by atoms with van der Waals surface area (Å²) in [4.78, 5) is 6.82. The van der Waals surface area contributed by atoms with Gasteiger partial charge in [0.2, 0.25) is 0 Å². The molecule has 1 aliphatic rings. The van der Waals surface area contributed by atoms with Crippen molar-refractivity contribution in [2.24, 2.45) is 0 Å². The first kappa shape index (κ1) is 15.0. The van der Waals surface area contributed by atoms with Crippen LogP contribution in [0.5, 0.6) is 0 Å². The third kappa shape index (κ3) is 3.06. The first-order valence-electron chi connectivity index (χ1n) is 8.01. The number of hydrogen-bond donors (Lipinski definition) is 0. The minimum absolute atomic E-state index is 0.740. The van der Waals surface area contributed by atoms with E-state index in [4.69, 9.17) is 11.6 Å². The van der Waals surface area contributed by atoms with E-state index in [0.717, 1.165) is 35.1 Å². The Bertz CT molecular complexity index is 887. The summed E-state index contributed by atoms with van der Waals surface area (Å²) in [7, 11) is 0. The lowest BCUT2D eigenvalue weighted by atomic mass is 9.98. The van der Waals surface area contributed by atoms with Crippen LogP contribution in [0.15, 0.2) is 78.5 Å². The fourth-order valence-electron chi connectivity index (χ4n) is 3.11. The summed E-state index contributed by atoms with van der Waals surface area (Å²) in [6.45, 7) is 0.819. The molecule has 0 N–H and O–H groups in total. The predicted molar refractivity (Wildman–Crippen MR) is 101 cm³/mol. The van der Waals surface area contributed by atoms with Gasteiger partial charge in [0.25, 0.3) is 0 Å². The normalized spacial score (nSPS) is 13.4. The Labute approximate surface area is 147 Å². The highest BCUT2D eigenvalue weighted by Crippen LogP contribution is 2.34. The molecular formula is C21H17ClN2. The van der Waals surface area contributed by atoms with Crippen molar-refractivity contribution in [3.05, 3.63) is 94.6 Å². The lowest BCUT2D eigenvalue weighted by Gasteiger charge is -2.30. The highest BCUT2D eigenvalue weighted by atomic mass is 35.5. The molecule has 3 aromatic rings. The monoisotopic (exact) mass is 332 g/mol. The maximum Gasteiger partial charge on any atom is 0.140 e. The van der Waals surface area contributed by atoms with Crippen LogP contribution >= 0.6 is 11.6 Å². The fraction of sp³-hybridized carbons (Fsp3) is 0.0952. The number of pyridine rings is 1. The zero-order valence-corrected chi connectivity index (χ0v) is 13.9. The van der Waals surface area contributed by atoms with Crippen LogP contribution in [-0.2, 0) is 6.42 Å². The average Bonchev–Trinajstić information content (AvgIpc) is 2.62. The van der Waals surface area contributed by atoms with Crippen molar-refractivity contribution in [3.63, 3.8) is 0 Å². The fourth-order valence-corrected chi connectivity index (χ4v) is 3.30. The van der Waals surface area contributed by atoms with E-state index in [1.807, 2.05) is 30.5 Å². The van der Waals surface area contributed by atoms with Crippen molar-refractivity contribution >= 4 is 29.2 Å². The number of anilines is 2. The second-order valence-corrected chi connectivity index (χ2v) is 6.38. The molecule has 1 aliphatic heterocycles. The van der Waals surface area contributed by atoms with E-state index >= 15 is 0 Å². The Morgan fingerprint density at radius 3 is 2.67 bits per heavy atom. The second-order valence-electron chi connectivity index (χ2n) is 5.95. The summed E-state index contributed by atoms with van der Waals surface area (Å²) in [5, 5.41) is 0.740. The van der Waals surface area contributed by atoms with Gasteiger partial charge in [0.15, 0.2) is 0 Å². The van der Waals surface area contributed by atoms with E-state index < -0.39 is 0 Å². The van der Waals surface area contributed by atoms with Gasteiger partial charge in [-0.2, -0.15) is 0 Å². The Morgan fingerprint density at radius 1 is 0.958 bits per heavy atom. The van der Waals surface area contributed by atoms with Gasteiger partial charge in [0, 0.05) is 29.0 Å². The lowest BCUT2D eigenvalue weighted by molar-refractivity contribution is 0.948. The number of rotatable bonds is 3. The highest BCUT2D eigenvalue weighted by molar-refractivity contribution is 6.30. The van der Waals surface area contributed by atoms with Gasteiger partial charge in [-0.3, -0.25) is 0 Å². The zero-order valence-electron chi connectivity index (χ0n) is 13.2. The summed E-state index contributed by atoms with van der Waals surface area (Å²) >= 11 is 6.20. The summed E-state index contributed by atoms with van der Waals surface area (Å²) in [6.07, 6.45) is 5.04.